The Kier molecular flexibility index (Phi) is 5.93. The van der Waals surface area contributed by atoms with Gasteiger partial charge in [-0.25, -0.2) is 0 Å². The van der Waals surface area contributed by atoms with Gasteiger partial charge < -0.3 is 18.9 Å². The van der Waals surface area contributed by atoms with Gasteiger partial charge in [0.2, 0.25) is 5.82 Å². The first-order valence-corrected chi connectivity index (χ1v) is 10.8. The number of carboxylic acids is 1. The summed E-state index contributed by atoms with van der Waals surface area (Å²) in [7, 11) is 0. The third-order valence-electron chi connectivity index (χ3n) is 5.50. The molecule has 0 spiro atoms. The zero-order valence-corrected chi connectivity index (χ0v) is 19.0. The fourth-order valence-corrected chi connectivity index (χ4v) is 3.77. The maximum Gasteiger partial charge on any atom is 0.308 e. The largest absolute Gasteiger partial charge is 0.489 e. The van der Waals surface area contributed by atoms with Gasteiger partial charge in [0.05, 0.1) is 17.0 Å². The van der Waals surface area contributed by atoms with Crippen molar-refractivity contribution in [3.63, 3.8) is 0 Å². The molecule has 2 heterocycles. The van der Waals surface area contributed by atoms with Gasteiger partial charge in [-0.1, -0.05) is 16.8 Å². The number of benzene rings is 2. The van der Waals surface area contributed by atoms with Crippen molar-refractivity contribution in [2.45, 2.75) is 39.8 Å². The number of rotatable bonds is 7. The Morgan fingerprint density at radius 2 is 1.84 bits per heavy atom. The molecule has 0 saturated heterocycles. The van der Waals surface area contributed by atoms with Crippen LogP contribution < -0.4 is 4.74 Å². The Balaban J connectivity index is 1.61. The van der Waals surface area contributed by atoms with Crippen LogP contribution in [0, 0.1) is 5.92 Å². The first kappa shape index (κ1) is 21.9. The van der Waals surface area contributed by atoms with Crippen molar-refractivity contribution in [2.75, 3.05) is 0 Å². The van der Waals surface area contributed by atoms with E-state index in [2.05, 4.69) is 10.1 Å². The van der Waals surface area contributed by atoms with Crippen LogP contribution in [0.1, 0.15) is 33.7 Å². The van der Waals surface area contributed by atoms with Gasteiger partial charge in [-0.2, -0.15) is 4.98 Å². The molecule has 0 radical (unpaired) electrons. The molecule has 7 nitrogen and oxygen atoms in total. The summed E-state index contributed by atoms with van der Waals surface area (Å²) >= 11 is 6.33. The highest BCUT2D eigenvalue weighted by atomic mass is 35.5. The maximum atomic E-state index is 11.4. The van der Waals surface area contributed by atoms with Crippen molar-refractivity contribution in [3.05, 3.63) is 53.7 Å². The first-order chi connectivity index (χ1) is 15.2. The summed E-state index contributed by atoms with van der Waals surface area (Å²) in [6, 6.07) is 12.9. The number of carbonyl (C=O) groups is 1. The fourth-order valence-electron chi connectivity index (χ4n) is 3.55. The molecule has 4 rings (SSSR count). The van der Waals surface area contributed by atoms with Crippen LogP contribution in [0.25, 0.3) is 33.7 Å². The summed E-state index contributed by atoms with van der Waals surface area (Å²) in [6.45, 7) is 7.49. The van der Waals surface area contributed by atoms with Crippen molar-refractivity contribution in [2.24, 2.45) is 5.92 Å². The maximum absolute atomic E-state index is 11.4. The van der Waals surface area contributed by atoms with Crippen LogP contribution in [0.4, 0.5) is 0 Å². The van der Waals surface area contributed by atoms with Crippen LogP contribution in [-0.2, 0) is 4.79 Å². The minimum Gasteiger partial charge on any atom is -0.489 e. The van der Waals surface area contributed by atoms with E-state index in [1.165, 1.54) is 0 Å². The second-order valence-corrected chi connectivity index (χ2v) is 8.51. The van der Waals surface area contributed by atoms with E-state index in [4.69, 9.17) is 20.9 Å². The Morgan fingerprint density at radius 3 is 2.53 bits per heavy atom. The van der Waals surface area contributed by atoms with E-state index in [-0.39, 0.29) is 12.1 Å². The predicted octanol–water partition coefficient (Wildman–Crippen LogP) is 6.08. The van der Waals surface area contributed by atoms with E-state index in [0.29, 0.717) is 28.1 Å². The van der Waals surface area contributed by atoms with Gasteiger partial charge >= 0.3 is 5.97 Å². The second kappa shape index (κ2) is 8.67. The van der Waals surface area contributed by atoms with Crippen molar-refractivity contribution < 1.29 is 19.2 Å². The van der Waals surface area contributed by atoms with Gasteiger partial charge in [0.25, 0.3) is 5.89 Å². The zero-order chi connectivity index (χ0) is 23.0. The van der Waals surface area contributed by atoms with Gasteiger partial charge in [-0.3, -0.25) is 4.79 Å². The number of aliphatic carboxylic acids is 1. The van der Waals surface area contributed by atoms with Crippen LogP contribution in [-0.4, -0.2) is 31.9 Å². The lowest BCUT2D eigenvalue weighted by atomic mass is 10.0. The van der Waals surface area contributed by atoms with E-state index in [1.807, 2.05) is 61.9 Å². The first-order valence-electron chi connectivity index (χ1n) is 10.4. The standard InChI is InChI=1S/C24H24ClN3O4/c1-13(2)31-21-8-6-18(12-19(21)25)23-26-22(27-32-23)17-5-7-20-16(11-17)9-10-28(20)15(4)14(3)24(29)30/h5-15H,1-4H3,(H,29,30)/t14-,15?/m1/s1. The second-order valence-electron chi connectivity index (χ2n) is 8.10. The molecule has 0 fully saturated rings. The smallest absolute Gasteiger partial charge is 0.308 e. The molecule has 0 aliphatic carbocycles. The van der Waals surface area contributed by atoms with E-state index in [0.717, 1.165) is 16.5 Å². The molecule has 32 heavy (non-hydrogen) atoms. The van der Waals surface area contributed by atoms with Crippen LogP contribution in [0.2, 0.25) is 5.02 Å². The summed E-state index contributed by atoms with van der Waals surface area (Å²) in [5, 5.41) is 14.9. The molecule has 0 aliphatic heterocycles. The van der Waals surface area contributed by atoms with E-state index < -0.39 is 11.9 Å². The number of hydrogen-bond acceptors (Lipinski definition) is 5. The normalized spacial score (nSPS) is 13.4. The van der Waals surface area contributed by atoms with Gasteiger partial charge in [-0.05, 0) is 70.2 Å². The molecule has 2 aromatic heterocycles. The average Bonchev–Trinajstić information content (AvgIpc) is 3.40. The number of aromatic nitrogens is 3. The Hall–Kier alpha value is -3.32. The lowest BCUT2D eigenvalue weighted by Crippen LogP contribution is -2.21. The molecule has 0 saturated carbocycles. The number of nitrogens with zero attached hydrogens (tertiary/aromatic N) is 3. The topological polar surface area (TPSA) is 90.4 Å². The Morgan fingerprint density at radius 1 is 1.09 bits per heavy atom. The van der Waals surface area contributed by atoms with E-state index in [1.54, 1.807) is 19.1 Å². The van der Waals surface area contributed by atoms with Gasteiger partial charge in [0.1, 0.15) is 5.75 Å². The average molecular weight is 454 g/mol. The minimum atomic E-state index is -0.820. The predicted molar refractivity (Wildman–Crippen MR) is 123 cm³/mol. The molecule has 4 aromatic rings. The Labute approximate surface area is 190 Å². The van der Waals surface area contributed by atoms with Crippen molar-refractivity contribution in [3.8, 4) is 28.6 Å². The number of carboxylic acid groups (broad SMARTS) is 1. The van der Waals surface area contributed by atoms with Crippen LogP contribution >= 0.6 is 11.6 Å². The summed E-state index contributed by atoms with van der Waals surface area (Å²) in [4.78, 5) is 15.9. The highest BCUT2D eigenvalue weighted by Crippen LogP contribution is 2.32. The van der Waals surface area contributed by atoms with Crippen molar-refractivity contribution >= 4 is 28.5 Å². The number of halogens is 1. The summed E-state index contributed by atoms with van der Waals surface area (Å²) in [5.41, 5.74) is 2.45. The minimum absolute atomic E-state index is 0.0217. The summed E-state index contributed by atoms with van der Waals surface area (Å²) < 4.78 is 13.1. The fraction of sp³-hybridized carbons (Fsp3) is 0.292. The molecule has 0 amide bonds. The van der Waals surface area contributed by atoms with Gasteiger partial charge in [-0.15, -0.1) is 0 Å². The van der Waals surface area contributed by atoms with Crippen molar-refractivity contribution in [1.29, 1.82) is 0 Å². The third kappa shape index (κ3) is 4.21. The monoisotopic (exact) mass is 453 g/mol. The van der Waals surface area contributed by atoms with Crippen LogP contribution in [0.3, 0.4) is 0 Å². The third-order valence-corrected chi connectivity index (χ3v) is 5.79. The lowest BCUT2D eigenvalue weighted by molar-refractivity contribution is -0.142. The van der Waals surface area contributed by atoms with Crippen LogP contribution in [0.15, 0.2) is 53.2 Å². The summed E-state index contributed by atoms with van der Waals surface area (Å²) in [5.74, 6) is 0.0970. The molecule has 0 aliphatic rings. The molecule has 1 N–H and O–H groups in total. The molecule has 1 unspecified atom stereocenters. The molecule has 2 atom stereocenters. The van der Waals surface area contributed by atoms with E-state index >= 15 is 0 Å². The molecular formula is C24H24ClN3O4. The molecule has 166 valence electrons. The van der Waals surface area contributed by atoms with Gasteiger partial charge in [0.15, 0.2) is 0 Å². The summed E-state index contributed by atoms with van der Waals surface area (Å²) in [6.07, 6.45) is 1.93. The molecular weight excluding hydrogens is 430 g/mol. The van der Waals surface area contributed by atoms with Crippen LogP contribution in [0.5, 0.6) is 5.75 Å². The van der Waals surface area contributed by atoms with Crippen molar-refractivity contribution in [1.82, 2.24) is 14.7 Å². The number of ether oxygens (including phenoxy) is 1. The quantitative estimate of drug-likeness (QED) is 0.364. The van der Waals surface area contributed by atoms with Gasteiger partial charge in [0, 0.05) is 34.3 Å². The van der Waals surface area contributed by atoms with E-state index in [9.17, 15) is 9.90 Å². The highest BCUT2D eigenvalue weighted by molar-refractivity contribution is 6.32. The molecule has 0 bridgehead atoms. The SMILES string of the molecule is CC(C)Oc1ccc(-c2nc(-c3ccc4c(ccn4C(C)[C@@H](C)C(=O)O)c3)no2)cc1Cl. The molecule has 8 heteroatoms. The highest BCUT2D eigenvalue weighted by Gasteiger charge is 2.22. The number of fused-ring (bicyclic) bond motifs is 1. The number of hydrogen-bond donors (Lipinski definition) is 1. The Bertz CT molecular complexity index is 1280. The molecule has 2 aromatic carbocycles. The lowest BCUT2D eigenvalue weighted by Gasteiger charge is -2.19. The zero-order valence-electron chi connectivity index (χ0n) is 18.2.